The van der Waals surface area contributed by atoms with E-state index in [4.69, 9.17) is 11.6 Å². The van der Waals surface area contributed by atoms with Crippen LogP contribution < -0.4 is 21.5 Å². The van der Waals surface area contributed by atoms with E-state index in [2.05, 4.69) is 20.1 Å². The van der Waals surface area contributed by atoms with Crippen LogP contribution in [0.3, 0.4) is 0 Å². The summed E-state index contributed by atoms with van der Waals surface area (Å²) < 4.78 is 2.64. The van der Waals surface area contributed by atoms with Crippen LogP contribution in [-0.4, -0.2) is 64.1 Å². The zero-order chi connectivity index (χ0) is 24.9. The molecule has 0 atom stereocenters. The third-order valence-electron chi connectivity index (χ3n) is 6.33. The fourth-order valence-electron chi connectivity index (χ4n) is 4.27. The first-order valence-corrected chi connectivity index (χ1v) is 12.0. The molecule has 3 aromatic rings. The molecular formula is C25H29ClN6O3. The third kappa shape index (κ3) is 5.63. The van der Waals surface area contributed by atoms with Crippen molar-refractivity contribution in [2.45, 2.75) is 6.42 Å². The molecule has 0 saturated carbocycles. The minimum Gasteiger partial charge on any atom is -0.384 e. The number of nitrogens with one attached hydrogen (secondary N) is 1. The normalized spacial score (nSPS) is 14.2. The highest BCUT2D eigenvalue weighted by Gasteiger charge is 2.20. The van der Waals surface area contributed by atoms with Crippen LogP contribution in [0.4, 0.5) is 11.5 Å². The number of aromatic nitrogens is 3. The molecule has 4 rings (SSSR count). The number of carbonyl (C=O) groups excluding carboxylic acids is 1. The van der Waals surface area contributed by atoms with E-state index in [0.717, 1.165) is 49.4 Å². The van der Waals surface area contributed by atoms with Crippen LogP contribution in [0.25, 0.3) is 0 Å². The number of hydrogen-bond donors (Lipinski definition) is 1. The Hall–Kier alpha value is -3.43. The van der Waals surface area contributed by atoms with Gasteiger partial charge in [0, 0.05) is 87.1 Å². The number of halogens is 1. The highest BCUT2D eigenvalue weighted by Crippen LogP contribution is 2.23. The maximum atomic E-state index is 13.0. The predicted molar refractivity (Wildman–Crippen MR) is 138 cm³/mol. The molecule has 184 valence electrons. The van der Waals surface area contributed by atoms with Gasteiger partial charge < -0.3 is 10.2 Å². The topological polar surface area (TPSA) is 92.5 Å². The number of anilines is 2. The smallest absolute Gasteiger partial charge is 0.332 e. The molecule has 0 spiro atoms. The first-order chi connectivity index (χ1) is 16.8. The molecule has 1 fully saturated rings. The van der Waals surface area contributed by atoms with Crippen LogP contribution in [-0.2, 0) is 14.1 Å². The van der Waals surface area contributed by atoms with Crippen molar-refractivity contribution in [3.63, 3.8) is 0 Å². The lowest BCUT2D eigenvalue weighted by Gasteiger charge is -2.36. The van der Waals surface area contributed by atoms with E-state index in [1.54, 1.807) is 43.7 Å². The molecular weight excluding hydrogens is 468 g/mol. The van der Waals surface area contributed by atoms with Crippen molar-refractivity contribution in [3.05, 3.63) is 85.8 Å². The van der Waals surface area contributed by atoms with Gasteiger partial charge in [0.15, 0.2) is 5.78 Å². The highest BCUT2D eigenvalue weighted by molar-refractivity contribution is 6.31. The molecule has 0 radical (unpaired) electrons. The Morgan fingerprint density at radius 3 is 2.43 bits per heavy atom. The largest absolute Gasteiger partial charge is 0.384 e. The molecule has 35 heavy (non-hydrogen) atoms. The Bertz CT molecular complexity index is 1310. The number of hydrogen-bond acceptors (Lipinski definition) is 7. The van der Waals surface area contributed by atoms with Gasteiger partial charge in [-0.3, -0.25) is 28.6 Å². The molecule has 0 bridgehead atoms. The van der Waals surface area contributed by atoms with Gasteiger partial charge in [0.2, 0.25) is 0 Å². The van der Waals surface area contributed by atoms with Gasteiger partial charge in [-0.15, -0.1) is 0 Å². The molecule has 0 amide bonds. The number of pyridine rings is 1. The summed E-state index contributed by atoms with van der Waals surface area (Å²) in [6.07, 6.45) is 4.10. The standard InChI is InChI=1S/C25H29ClN6O3/c1-29-22(17-23(33)30(2)25(29)35)32-14-12-31(13-15-32)11-3-8-28-21-5-4-19(26)16-20(21)24(34)18-6-9-27-10-7-18/h4-7,9-10,16-17,28H,3,8,11-15H2,1-2H3. The van der Waals surface area contributed by atoms with Gasteiger partial charge in [0.25, 0.3) is 5.56 Å². The summed E-state index contributed by atoms with van der Waals surface area (Å²) in [6, 6.07) is 10.2. The summed E-state index contributed by atoms with van der Waals surface area (Å²) in [5.74, 6) is 0.562. The van der Waals surface area contributed by atoms with Crippen molar-refractivity contribution in [1.29, 1.82) is 0 Å². The molecule has 1 N–H and O–H groups in total. The van der Waals surface area contributed by atoms with Crippen molar-refractivity contribution in [3.8, 4) is 0 Å². The Balaban J connectivity index is 1.30. The van der Waals surface area contributed by atoms with Crippen molar-refractivity contribution < 1.29 is 4.79 Å². The molecule has 1 saturated heterocycles. The fourth-order valence-corrected chi connectivity index (χ4v) is 4.44. The molecule has 1 aromatic carbocycles. The summed E-state index contributed by atoms with van der Waals surface area (Å²) in [5, 5.41) is 3.90. The second-order valence-electron chi connectivity index (χ2n) is 8.61. The van der Waals surface area contributed by atoms with Gasteiger partial charge in [-0.05, 0) is 43.3 Å². The SMILES string of the molecule is Cn1c(N2CCN(CCCNc3ccc(Cl)cc3C(=O)c3ccncc3)CC2)cc(=O)n(C)c1=O. The highest BCUT2D eigenvalue weighted by atomic mass is 35.5. The van der Waals surface area contributed by atoms with E-state index in [0.29, 0.717) is 28.5 Å². The number of piperazine rings is 1. The molecule has 3 heterocycles. The molecule has 0 unspecified atom stereocenters. The average molecular weight is 497 g/mol. The predicted octanol–water partition coefficient (Wildman–Crippen LogP) is 1.99. The maximum absolute atomic E-state index is 13.0. The minimum absolute atomic E-state index is 0.0985. The van der Waals surface area contributed by atoms with Crippen LogP contribution in [0.1, 0.15) is 22.3 Å². The van der Waals surface area contributed by atoms with Crippen LogP contribution in [0, 0.1) is 0 Å². The Morgan fingerprint density at radius 1 is 1.00 bits per heavy atom. The summed E-state index contributed by atoms with van der Waals surface area (Å²) in [4.78, 5) is 45.6. The minimum atomic E-state index is -0.315. The van der Waals surface area contributed by atoms with Gasteiger partial charge in [-0.25, -0.2) is 4.79 Å². The second-order valence-corrected chi connectivity index (χ2v) is 9.04. The summed E-state index contributed by atoms with van der Waals surface area (Å²) in [6.45, 7) is 4.79. The fraction of sp³-hybridized carbons (Fsp3) is 0.360. The Morgan fingerprint density at radius 2 is 1.71 bits per heavy atom. The number of benzene rings is 1. The van der Waals surface area contributed by atoms with E-state index < -0.39 is 0 Å². The number of nitrogens with zero attached hydrogens (tertiary/aromatic N) is 5. The average Bonchev–Trinajstić information content (AvgIpc) is 2.88. The van der Waals surface area contributed by atoms with Gasteiger partial charge in [-0.1, -0.05) is 11.6 Å². The van der Waals surface area contributed by atoms with E-state index in [9.17, 15) is 14.4 Å². The van der Waals surface area contributed by atoms with E-state index in [-0.39, 0.29) is 17.0 Å². The second kappa shape index (κ2) is 10.9. The monoisotopic (exact) mass is 496 g/mol. The van der Waals surface area contributed by atoms with Crippen LogP contribution >= 0.6 is 11.6 Å². The molecule has 2 aromatic heterocycles. The summed E-state index contributed by atoms with van der Waals surface area (Å²) in [5.41, 5.74) is 1.26. The Labute approximate surface area is 208 Å². The zero-order valence-corrected chi connectivity index (χ0v) is 20.7. The number of carbonyl (C=O) groups is 1. The third-order valence-corrected chi connectivity index (χ3v) is 6.57. The van der Waals surface area contributed by atoms with Crippen molar-refractivity contribution >= 4 is 28.9 Å². The molecule has 0 aliphatic carbocycles. The lowest BCUT2D eigenvalue weighted by atomic mass is 10.0. The van der Waals surface area contributed by atoms with Gasteiger partial charge >= 0.3 is 5.69 Å². The summed E-state index contributed by atoms with van der Waals surface area (Å²) in [7, 11) is 3.18. The van der Waals surface area contributed by atoms with Crippen LogP contribution in [0.15, 0.2) is 58.4 Å². The lowest BCUT2D eigenvalue weighted by Crippen LogP contribution is -2.49. The number of ketones is 1. The molecule has 9 nitrogen and oxygen atoms in total. The van der Waals surface area contributed by atoms with Crippen molar-refractivity contribution in [2.75, 3.05) is 49.5 Å². The first kappa shape index (κ1) is 24.7. The number of rotatable bonds is 8. The van der Waals surface area contributed by atoms with Crippen molar-refractivity contribution in [1.82, 2.24) is 19.0 Å². The summed E-state index contributed by atoms with van der Waals surface area (Å²) >= 11 is 6.16. The zero-order valence-electron chi connectivity index (χ0n) is 19.9. The maximum Gasteiger partial charge on any atom is 0.332 e. The first-order valence-electron chi connectivity index (χ1n) is 11.6. The van der Waals surface area contributed by atoms with E-state index >= 15 is 0 Å². The van der Waals surface area contributed by atoms with E-state index in [1.165, 1.54) is 17.7 Å². The van der Waals surface area contributed by atoms with Crippen molar-refractivity contribution in [2.24, 2.45) is 14.1 Å². The van der Waals surface area contributed by atoms with Crippen LogP contribution in [0.2, 0.25) is 5.02 Å². The van der Waals surface area contributed by atoms with Gasteiger partial charge in [0.1, 0.15) is 5.82 Å². The molecule has 10 heteroatoms. The molecule has 1 aliphatic heterocycles. The molecule has 1 aliphatic rings. The van der Waals surface area contributed by atoms with Gasteiger partial charge in [0.05, 0.1) is 0 Å². The van der Waals surface area contributed by atoms with Crippen LogP contribution in [0.5, 0.6) is 0 Å². The van der Waals surface area contributed by atoms with Gasteiger partial charge in [-0.2, -0.15) is 0 Å². The Kier molecular flexibility index (Phi) is 7.67. The van der Waals surface area contributed by atoms with E-state index in [1.807, 2.05) is 6.07 Å². The quantitative estimate of drug-likeness (QED) is 0.376. The lowest BCUT2D eigenvalue weighted by molar-refractivity contribution is 0.103.